The molecule has 0 aliphatic rings. The number of nitrogens with two attached hydrogens (primary N) is 1. The number of halogens is 1. The second-order valence-electron chi connectivity index (χ2n) is 6.67. The number of hydrogen-bond donors (Lipinski definition) is 2. The summed E-state index contributed by atoms with van der Waals surface area (Å²) in [6.07, 6.45) is -0.0132. The minimum Gasteiger partial charge on any atom is -0.467 e. The van der Waals surface area contributed by atoms with Crippen molar-refractivity contribution in [2.45, 2.75) is 51.3 Å². The second kappa shape index (κ2) is 10.8. The number of hydrogen-bond acceptors (Lipinski definition) is 6. The fourth-order valence-corrected chi connectivity index (χ4v) is 2.12. The third-order valence-corrected chi connectivity index (χ3v) is 3.23. The van der Waals surface area contributed by atoms with Gasteiger partial charge in [0, 0.05) is 6.42 Å². The number of methoxy groups -OCH3 is 1. The molecule has 1 aromatic rings. The maximum atomic E-state index is 12.2. The predicted molar refractivity (Wildman–Crippen MR) is 99.8 cm³/mol. The van der Waals surface area contributed by atoms with Gasteiger partial charge >= 0.3 is 11.9 Å². The van der Waals surface area contributed by atoms with Gasteiger partial charge in [-0.1, -0.05) is 30.3 Å². The highest BCUT2D eigenvalue weighted by atomic mass is 35.5. The monoisotopic (exact) mass is 386 g/mol. The summed E-state index contributed by atoms with van der Waals surface area (Å²) in [7, 11) is 1.24. The topological polar surface area (TPSA) is 108 Å². The summed E-state index contributed by atoms with van der Waals surface area (Å²) in [5.74, 6) is -1.77. The van der Waals surface area contributed by atoms with Crippen molar-refractivity contribution >= 4 is 30.3 Å². The van der Waals surface area contributed by atoms with Crippen LogP contribution in [0.15, 0.2) is 30.3 Å². The molecule has 0 radical (unpaired) electrons. The Morgan fingerprint density at radius 1 is 1.15 bits per heavy atom. The Hall–Kier alpha value is -2.12. The van der Waals surface area contributed by atoms with Crippen LogP contribution in [0.5, 0.6) is 0 Å². The number of nitrogens with one attached hydrogen (secondary N) is 1. The Balaban J connectivity index is 0.00000625. The molecule has 0 bridgehead atoms. The van der Waals surface area contributed by atoms with Gasteiger partial charge in [-0.3, -0.25) is 9.59 Å². The van der Waals surface area contributed by atoms with Crippen LogP contribution in [-0.2, 0) is 30.3 Å². The number of esters is 2. The highest BCUT2D eigenvalue weighted by molar-refractivity contribution is 5.90. The molecule has 146 valence electrons. The predicted octanol–water partition coefficient (Wildman–Crippen LogP) is 1.37. The largest absolute Gasteiger partial charge is 0.467 e. The van der Waals surface area contributed by atoms with Crippen LogP contribution in [0.2, 0.25) is 0 Å². The van der Waals surface area contributed by atoms with E-state index in [1.54, 1.807) is 20.8 Å². The van der Waals surface area contributed by atoms with E-state index in [0.717, 1.165) is 5.56 Å². The zero-order valence-corrected chi connectivity index (χ0v) is 16.3. The normalized spacial score (nSPS) is 13.0. The van der Waals surface area contributed by atoms with E-state index in [4.69, 9.17) is 15.2 Å². The molecule has 0 aliphatic carbocycles. The average Bonchev–Trinajstić information content (AvgIpc) is 2.52. The molecule has 2 atom stereocenters. The summed E-state index contributed by atoms with van der Waals surface area (Å²) in [5.41, 5.74) is 5.96. The Morgan fingerprint density at radius 3 is 2.23 bits per heavy atom. The zero-order valence-electron chi connectivity index (χ0n) is 15.5. The van der Waals surface area contributed by atoms with E-state index in [0.29, 0.717) is 0 Å². The number of rotatable bonds is 7. The van der Waals surface area contributed by atoms with Crippen LogP contribution in [0, 0.1) is 0 Å². The van der Waals surface area contributed by atoms with E-state index < -0.39 is 35.5 Å². The van der Waals surface area contributed by atoms with Crippen molar-refractivity contribution in [3.63, 3.8) is 0 Å². The fourth-order valence-electron chi connectivity index (χ4n) is 2.12. The lowest BCUT2D eigenvalue weighted by Crippen LogP contribution is -2.50. The van der Waals surface area contributed by atoms with Crippen molar-refractivity contribution in [3.8, 4) is 0 Å². The quantitative estimate of drug-likeness (QED) is 0.685. The molecule has 0 heterocycles. The molecule has 0 aromatic heterocycles. The molecule has 0 aliphatic heterocycles. The van der Waals surface area contributed by atoms with Crippen molar-refractivity contribution in [2.75, 3.05) is 7.11 Å². The number of amides is 1. The first-order valence-electron chi connectivity index (χ1n) is 8.02. The molecule has 8 heteroatoms. The van der Waals surface area contributed by atoms with Crippen LogP contribution in [0.25, 0.3) is 0 Å². The van der Waals surface area contributed by atoms with Crippen molar-refractivity contribution in [1.29, 1.82) is 0 Å². The summed E-state index contributed by atoms with van der Waals surface area (Å²) < 4.78 is 9.86. The maximum Gasteiger partial charge on any atom is 0.328 e. The Morgan fingerprint density at radius 2 is 1.73 bits per heavy atom. The van der Waals surface area contributed by atoms with Gasteiger partial charge in [0.1, 0.15) is 11.6 Å². The van der Waals surface area contributed by atoms with E-state index in [-0.39, 0.29) is 25.2 Å². The van der Waals surface area contributed by atoms with Crippen molar-refractivity contribution < 1.29 is 23.9 Å². The SMILES string of the molecule is COC(=O)[C@H](Cc1ccccc1)NC(=O)[C@@H](N)CC(=O)OC(C)(C)C.Cl. The maximum absolute atomic E-state index is 12.2. The average molecular weight is 387 g/mol. The Labute approximate surface area is 160 Å². The Kier molecular flexibility index (Phi) is 9.90. The molecule has 0 fully saturated rings. The minimum absolute atomic E-state index is 0. The molecule has 0 saturated carbocycles. The second-order valence-corrected chi connectivity index (χ2v) is 6.67. The first kappa shape index (κ1) is 23.9. The van der Waals surface area contributed by atoms with Crippen LogP contribution in [0.1, 0.15) is 32.8 Å². The summed E-state index contributed by atoms with van der Waals surface area (Å²) >= 11 is 0. The summed E-state index contributed by atoms with van der Waals surface area (Å²) in [4.78, 5) is 35.9. The molecule has 3 N–H and O–H groups in total. The van der Waals surface area contributed by atoms with Gasteiger partial charge in [0.25, 0.3) is 0 Å². The lowest BCUT2D eigenvalue weighted by atomic mass is 10.1. The molecule has 7 nitrogen and oxygen atoms in total. The van der Waals surface area contributed by atoms with Crippen LogP contribution in [0.4, 0.5) is 0 Å². The standard InChI is InChI=1S/C18H26N2O5.ClH/c1-18(2,3)25-15(21)11-13(19)16(22)20-14(17(23)24-4)10-12-8-6-5-7-9-12;/h5-9,13-14H,10-11,19H2,1-4H3,(H,20,22);1H/t13-,14-;/m0./s1. The van der Waals surface area contributed by atoms with Crippen LogP contribution < -0.4 is 11.1 Å². The summed E-state index contributed by atoms with van der Waals surface area (Å²) in [6.45, 7) is 5.18. The zero-order chi connectivity index (χ0) is 19.0. The molecule has 26 heavy (non-hydrogen) atoms. The van der Waals surface area contributed by atoms with Gasteiger partial charge in [-0.2, -0.15) is 0 Å². The molecule has 0 unspecified atom stereocenters. The third kappa shape index (κ3) is 8.82. The van der Waals surface area contributed by atoms with Gasteiger partial charge in [0.15, 0.2) is 0 Å². The summed E-state index contributed by atoms with van der Waals surface area (Å²) in [5, 5.41) is 2.54. The van der Waals surface area contributed by atoms with Crippen molar-refractivity contribution in [1.82, 2.24) is 5.32 Å². The van der Waals surface area contributed by atoms with E-state index in [9.17, 15) is 14.4 Å². The molecule has 0 saturated heterocycles. The number of ether oxygens (including phenoxy) is 2. The number of carbonyl (C=O) groups is 3. The third-order valence-electron chi connectivity index (χ3n) is 3.23. The van der Waals surface area contributed by atoms with Gasteiger partial charge in [0.2, 0.25) is 5.91 Å². The van der Waals surface area contributed by atoms with Gasteiger partial charge in [-0.05, 0) is 26.3 Å². The van der Waals surface area contributed by atoms with Crippen LogP contribution in [0.3, 0.4) is 0 Å². The minimum atomic E-state index is -1.11. The highest BCUT2D eigenvalue weighted by Crippen LogP contribution is 2.09. The fraction of sp³-hybridized carbons (Fsp3) is 0.500. The van der Waals surface area contributed by atoms with Crippen LogP contribution in [-0.4, -0.2) is 42.6 Å². The van der Waals surface area contributed by atoms with E-state index in [1.165, 1.54) is 7.11 Å². The van der Waals surface area contributed by atoms with Crippen molar-refractivity contribution in [3.05, 3.63) is 35.9 Å². The number of benzene rings is 1. The molecule has 1 rings (SSSR count). The smallest absolute Gasteiger partial charge is 0.328 e. The Bertz CT molecular complexity index is 601. The van der Waals surface area contributed by atoms with Gasteiger partial charge in [0.05, 0.1) is 19.6 Å². The lowest BCUT2D eigenvalue weighted by Gasteiger charge is -2.22. The molecular weight excluding hydrogens is 360 g/mol. The van der Waals surface area contributed by atoms with Crippen molar-refractivity contribution in [2.24, 2.45) is 5.73 Å². The summed E-state index contributed by atoms with van der Waals surface area (Å²) in [6, 6.07) is 7.19. The van der Waals surface area contributed by atoms with E-state index in [2.05, 4.69) is 5.32 Å². The highest BCUT2D eigenvalue weighted by Gasteiger charge is 2.27. The van der Waals surface area contributed by atoms with Gasteiger partial charge in [-0.15, -0.1) is 12.4 Å². The molecule has 0 spiro atoms. The van der Waals surface area contributed by atoms with Gasteiger partial charge < -0.3 is 20.5 Å². The first-order valence-corrected chi connectivity index (χ1v) is 8.02. The molecule has 1 amide bonds. The van der Waals surface area contributed by atoms with E-state index >= 15 is 0 Å². The van der Waals surface area contributed by atoms with Gasteiger partial charge in [-0.25, -0.2) is 4.79 Å². The number of carbonyl (C=O) groups excluding carboxylic acids is 3. The van der Waals surface area contributed by atoms with E-state index in [1.807, 2.05) is 30.3 Å². The van der Waals surface area contributed by atoms with Crippen LogP contribution >= 0.6 is 12.4 Å². The molecule has 1 aromatic carbocycles. The molecular formula is C18H27ClN2O5. The first-order chi connectivity index (χ1) is 11.6. The lowest BCUT2D eigenvalue weighted by molar-refractivity contribution is -0.156.